The van der Waals surface area contributed by atoms with E-state index in [2.05, 4.69) is 22.4 Å². The Kier molecular flexibility index (Phi) is 6.65. The zero-order valence-corrected chi connectivity index (χ0v) is 16.1. The summed E-state index contributed by atoms with van der Waals surface area (Å²) in [6.45, 7) is 3.98. The number of aromatic nitrogens is 1. The number of anilines is 1. The Hall–Kier alpha value is -3.58. The molecule has 0 saturated heterocycles. The first kappa shape index (κ1) is 20.2. The summed E-state index contributed by atoms with van der Waals surface area (Å²) in [5, 5.41) is 9.60. The maximum Gasteiger partial charge on any atom is 0.273 e. The van der Waals surface area contributed by atoms with Gasteiger partial charge in [0.15, 0.2) is 11.5 Å². The summed E-state index contributed by atoms with van der Waals surface area (Å²) >= 11 is 5.90. The van der Waals surface area contributed by atoms with E-state index in [1.54, 1.807) is 54.6 Å². The third-order valence-corrected chi connectivity index (χ3v) is 4.01. The second kappa shape index (κ2) is 9.57. The number of benzene rings is 2. The molecule has 148 valence electrons. The average Bonchev–Trinajstić information content (AvgIpc) is 3.20. The summed E-state index contributed by atoms with van der Waals surface area (Å²) in [7, 11) is 0. The molecule has 1 aromatic heterocycles. The van der Waals surface area contributed by atoms with Crippen molar-refractivity contribution >= 4 is 29.1 Å². The van der Waals surface area contributed by atoms with Crippen LogP contribution in [-0.4, -0.2) is 23.5 Å². The quantitative estimate of drug-likeness (QED) is 0.545. The number of amides is 2. The van der Waals surface area contributed by atoms with Crippen molar-refractivity contribution in [2.24, 2.45) is 0 Å². The summed E-state index contributed by atoms with van der Waals surface area (Å²) in [6.07, 6.45) is 1.57. The normalized spacial score (nSPS) is 10.2. The van der Waals surface area contributed by atoms with Crippen LogP contribution >= 0.6 is 11.6 Å². The predicted molar refractivity (Wildman–Crippen MR) is 109 cm³/mol. The van der Waals surface area contributed by atoms with Crippen LogP contribution in [0.1, 0.15) is 26.6 Å². The van der Waals surface area contributed by atoms with Gasteiger partial charge in [0.1, 0.15) is 12.4 Å². The number of carbonyl (C=O) groups is 2. The minimum absolute atomic E-state index is 0.107. The van der Waals surface area contributed by atoms with Gasteiger partial charge in [-0.2, -0.15) is 0 Å². The van der Waals surface area contributed by atoms with Crippen LogP contribution < -0.4 is 15.4 Å². The first-order valence-corrected chi connectivity index (χ1v) is 9.07. The molecule has 2 aromatic carbocycles. The first-order chi connectivity index (χ1) is 14.0. The molecule has 0 radical (unpaired) electrons. The fourth-order valence-electron chi connectivity index (χ4n) is 2.37. The van der Waals surface area contributed by atoms with Gasteiger partial charge in [-0.3, -0.25) is 9.59 Å². The fraction of sp³-hybridized carbons (Fsp3) is 0.0952. The molecule has 0 aliphatic rings. The van der Waals surface area contributed by atoms with E-state index in [1.165, 1.54) is 6.07 Å². The zero-order valence-electron chi connectivity index (χ0n) is 15.4. The summed E-state index contributed by atoms with van der Waals surface area (Å²) in [5.41, 5.74) is 1.25. The van der Waals surface area contributed by atoms with Crippen molar-refractivity contribution in [1.29, 1.82) is 0 Å². The molecule has 3 aromatic rings. The highest BCUT2D eigenvalue weighted by Crippen LogP contribution is 2.19. The number of nitrogens with zero attached hydrogens (tertiary/aromatic N) is 1. The molecule has 0 unspecified atom stereocenters. The molecule has 0 aliphatic heterocycles. The van der Waals surface area contributed by atoms with Crippen LogP contribution in [0.4, 0.5) is 5.69 Å². The lowest BCUT2D eigenvalue weighted by molar-refractivity contribution is 0.0947. The molecule has 0 saturated carbocycles. The van der Waals surface area contributed by atoms with Gasteiger partial charge in [0.05, 0.1) is 0 Å². The molecule has 3 rings (SSSR count). The van der Waals surface area contributed by atoms with E-state index in [-0.39, 0.29) is 24.1 Å². The van der Waals surface area contributed by atoms with Crippen molar-refractivity contribution in [3.05, 3.63) is 89.3 Å². The molecule has 0 atom stereocenters. The SMILES string of the molecule is C=CCNC(=O)c1cc(COc2ccc(NC(=O)c3cccc(Cl)c3)cc2)on1. The van der Waals surface area contributed by atoms with Crippen LogP contribution in [-0.2, 0) is 6.61 Å². The van der Waals surface area contributed by atoms with Gasteiger partial charge in [-0.05, 0) is 42.5 Å². The van der Waals surface area contributed by atoms with Gasteiger partial charge in [0.25, 0.3) is 11.8 Å². The van der Waals surface area contributed by atoms with E-state index in [4.69, 9.17) is 20.9 Å². The van der Waals surface area contributed by atoms with Crippen LogP contribution in [0.3, 0.4) is 0 Å². The van der Waals surface area contributed by atoms with Gasteiger partial charge in [-0.1, -0.05) is 28.9 Å². The van der Waals surface area contributed by atoms with Crippen LogP contribution in [0.5, 0.6) is 5.75 Å². The van der Waals surface area contributed by atoms with Gasteiger partial charge in [-0.15, -0.1) is 6.58 Å². The number of rotatable bonds is 8. The summed E-state index contributed by atoms with van der Waals surface area (Å²) in [4.78, 5) is 24.0. The molecule has 7 nitrogen and oxygen atoms in total. The summed E-state index contributed by atoms with van der Waals surface area (Å²) in [5.74, 6) is 0.372. The molecular formula is C21H18ClN3O4. The second-order valence-corrected chi connectivity index (χ2v) is 6.39. The number of halogens is 1. The minimum Gasteiger partial charge on any atom is -0.486 e. The smallest absolute Gasteiger partial charge is 0.273 e. The zero-order chi connectivity index (χ0) is 20.6. The van der Waals surface area contributed by atoms with Gasteiger partial charge >= 0.3 is 0 Å². The molecule has 2 amide bonds. The Morgan fingerprint density at radius 1 is 1.14 bits per heavy atom. The van der Waals surface area contributed by atoms with E-state index >= 15 is 0 Å². The third kappa shape index (κ3) is 5.70. The highest BCUT2D eigenvalue weighted by molar-refractivity contribution is 6.31. The van der Waals surface area contributed by atoms with Gasteiger partial charge in [-0.25, -0.2) is 0 Å². The molecular weight excluding hydrogens is 394 g/mol. The van der Waals surface area contributed by atoms with E-state index in [9.17, 15) is 9.59 Å². The lowest BCUT2D eigenvalue weighted by atomic mass is 10.2. The molecule has 0 bridgehead atoms. The van der Waals surface area contributed by atoms with E-state index < -0.39 is 0 Å². The van der Waals surface area contributed by atoms with E-state index in [1.807, 2.05) is 0 Å². The lowest BCUT2D eigenvalue weighted by Crippen LogP contribution is -2.23. The predicted octanol–water partition coefficient (Wildman–Crippen LogP) is 4.08. The Labute approximate surface area is 172 Å². The van der Waals surface area contributed by atoms with Crippen LogP contribution in [0, 0.1) is 0 Å². The van der Waals surface area contributed by atoms with E-state index in [0.29, 0.717) is 34.3 Å². The number of hydrogen-bond donors (Lipinski definition) is 2. The van der Waals surface area contributed by atoms with Crippen molar-refractivity contribution < 1.29 is 18.8 Å². The molecule has 8 heteroatoms. The lowest BCUT2D eigenvalue weighted by Gasteiger charge is -2.07. The number of hydrogen-bond acceptors (Lipinski definition) is 5. The van der Waals surface area contributed by atoms with Crippen molar-refractivity contribution in [2.75, 3.05) is 11.9 Å². The Balaban J connectivity index is 1.53. The minimum atomic E-state index is -0.348. The summed E-state index contributed by atoms with van der Waals surface area (Å²) in [6, 6.07) is 15.1. The van der Waals surface area contributed by atoms with E-state index in [0.717, 1.165) is 0 Å². The molecule has 2 N–H and O–H groups in total. The maximum absolute atomic E-state index is 12.2. The number of ether oxygens (including phenoxy) is 1. The van der Waals surface area contributed by atoms with Gasteiger partial charge < -0.3 is 19.9 Å². The largest absolute Gasteiger partial charge is 0.486 e. The monoisotopic (exact) mass is 411 g/mol. The Morgan fingerprint density at radius 3 is 2.66 bits per heavy atom. The maximum atomic E-state index is 12.2. The molecule has 29 heavy (non-hydrogen) atoms. The fourth-order valence-corrected chi connectivity index (χ4v) is 2.56. The first-order valence-electron chi connectivity index (χ1n) is 8.69. The topological polar surface area (TPSA) is 93.5 Å². The molecule has 1 heterocycles. The molecule has 0 aliphatic carbocycles. The Morgan fingerprint density at radius 2 is 1.93 bits per heavy atom. The van der Waals surface area contributed by atoms with Crippen molar-refractivity contribution in [2.45, 2.75) is 6.61 Å². The average molecular weight is 412 g/mol. The van der Waals surface area contributed by atoms with Crippen molar-refractivity contribution in [1.82, 2.24) is 10.5 Å². The molecule has 0 fully saturated rings. The van der Waals surface area contributed by atoms with Crippen LogP contribution in [0.15, 0.2) is 71.8 Å². The Bertz CT molecular complexity index is 1010. The molecule has 0 spiro atoms. The third-order valence-electron chi connectivity index (χ3n) is 3.78. The number of carbonyl (C=O) groups excluding carboxylic acids is 2. The summed E-state index contributed by atoms with van der Waals surface area (Å²) < 4.78 is 10.7. The van der Waals surface area contributed by atoms with Gasteiger partial charge in [0.2, 0.25) is 0 Å². The van der Waals surface area contributed by atoms with Crippen molar-refractivity contribution in [3.8, 4) is 5.75 Å². The van der Waals surface area contributed by atoms with Crippen LogP contribution in [0.25, 0.3) is 0 Å². The number of nitrogens with one attached hydrogen (secondary N) is 2. The van der Waals surface area contributed by atoms with Crippen molar-refractivity contribution in [3.63, 3.8) is 0 Å². The highest BCUT2D eigenvalue weighted by Gasteiger charge is 2.12. The standard InChI is InChI=1S/C21H18ClN3O4/c1-2-10-23-21(27)19-12-18(29-25-19)13-28-17-8-6-16(7-9-17)24-20(26)14-4-3-5-15(22)11-14/h2-9,11-12H,1,10,13H2,(H,23,27)(H,24,26). The second-order valence-electron chi connectivity index (χ2n) is 5.95. The highest BCUT2D eigenvalue weighted by atomic mass is 35.5. The van der Waals surface area contributed by atoms with Gasteiger partial charge in [0, 0.05) is 28.9 Å². The van der Waals surface area contributed by atoms with Crippen LogP contribution in [0.2, 0.25) is 5.02 Å².